The third-order valence-electron chi connectivity index (χ3n) is 3.99. The second kappa shape index (κ2) is 9.88. The van der Waals surface area contributed by atoms with Crippen LogP contribution in [0.1, 0.15) is 31.1 Å². The van der Waals surface area contributed by atoms with Gasteiger partial charge in [-0.15, -0.1) is 5.10 Å². The minimum Gasteiger partial charge on any atom is -0.490 e. The number of carbonyl (C=O) groups excluding carboxylic acids is 1. The molecule has 0 atom stereocenters. The van der Waals surface area contributed by atoms with Crippen molar-refractivity contribution in [3.05, 3.63) is 47.5 Å². The smallest absolute Gasteiger partial charge is 0.322 e. The van der Waals surface area contributed by atoms with Crippen molar-refractivity contribution < 1.29 is 32.2 Å². The Balaban J connectivity index is 1.91. The number of nitrogens with zero attached hydrogens (tertiary/aromatic N) is 2. The van der Waals surface area contributed by atoms with E-state index in [9.17, 15) is 13.6 Å². The summed E-state index contributed by atoms with van der Waals surface area (Å²) in [4.78, 5) is 12.2. The zero-order valence-corrected chi connectivity index (χ0v) is 17.2. The van der Waals surface area contributed by atoms with E-state index in [4.69, 9.17) is 18.6 Å². The highest BCUT2D eigenvalue weighted by molar-refractivity contribution is 6.03. The molecule has 0 bridgehead atoms. The summed E-state index contributed by atoms with van der Waals surface area (Å²) < 4.78 is 50.0. The fraction of sp³-hybridized carbons (Fsp3) is 0.286. The van der Waals surface area contributed by atoms with Crippen LogP contribution in [0.15, 0.2) is 34.7 Å². The molecular formula is C21H21F2N3O5. The summed E-state index contributed by atoms with van der Waals surface area (Å²) in [5.41, 5.74) is -0.305. The van der Waals surface area contributed by atoms with Crippen LogP contribution in [0.3, 0.4) is 0 Å². The van der Waals surface area contributed by atoms with E-state index in [-0.39, 0.29) is 11.9 Å². The second-order valence-corrected chi connectivity index (χ2v) is 6.06. The summed E-state index contributed by atoms with van der Waals surface area (Å²) >= 11 is 0. The van der Waals surface area contributed by atoms with E-state index in [1.165, 1.54) is 0 Å². The molecule has 1 N–H and O–H groups in total. The van der Waals surface area contributed by atoms with Crippen molar-refractivity contribution in [2.45, 2.75) is 20.8 Å². The van der Waals surface area contributed by atoms with Gasteiger partial charge in [-0.25, -0.2) is 8.78 Å². The minimum atomic E-state index is -1.05. The largest absolute Gasteiger partial charge is 0.490 e. The van der Waals surface area contributed by atoms with Gasteiger partial charge in [0.25, 0.3) is 5.91 Å². The number of carbonyl (C=O) groups is 1. The fourth-order valence-electron chi connectivity index (χ4n) is 2.78. The van der Waals surface area contributed by atoms with E-state index in [1.54, 1.807) is 12.1 Å². The van der Waals surface area contributed by atoms with Crippen LogP contribution in [-0.4, -0.2) is 35.9 Å². The molecule has 0 unspecified atom stereocenters. The lowest BCUT2D eigenvalue weighted by atomic mass is 10.2. The summed E-state index contributed by atoms with van der Waals surface area (Å²) in [5.74, 6) is -1.75. The first kappa shape index (κ1) is 22.0. The predicted octanol–water partition coefficient (Wildman–Crippen LogP) is 4.46. The number of nitrogens with one attached hydrogen (secondary N) is 1. The molecule has 1 amide bonds. The molecule has 8 nitrogen and oxygen atoms in total. The summed E-state index contributed by atoms with van der Waals surface area (Å²) in [5, 5.41) is 9.80. The fourth-order valence-corrected chi connectivity index (χ4v) is 2.78. The Morgan fingerprint density at radius 2 is 1.55 bits per heavy atom. The molecule has 31 heavy (non-hydrogen) atoms. The predicted molar refractivity (Wildman–Crippen MR) is 108 cm³/mol. The Kier molecular flexibility index (Phi) is 7.01. The van der Waals surface area contributed by atoms with Crippen LogP contribution in [0.4, 0.5) is 14.8 Å². The first-order valence-corrected chi connectivity index (χ1v) is 9.64. The lowest BCUT2D eigenvalue weighted by molar-refractivity contribution is 0.101. The highest BCUT2D eigenvalue weighted by Crippen LogP contribution is 2.41. The van der Waals surface area contributed by atoms with Crippen molar-refractivity contribution in [3.63, 3.8) is 0 Å². The van der Waals surface area contributed by atoms with Gasteiger partial charge in [-0.1, -0.05) is 11.2 Å². The molecule has 1 aromatic heterocycles. The minimum absolute atomic E-state index is 0.0364. The molecule has 164 valence electrons. The van der Waals surface area contributed by atoms with Crippen LogP contribution < -0.4 is 19.5 Å². The molecule has 0 aliphatic rings. The van der Waals surface area contributed by atoms with Gasteiger partial charge in [0, 0.05) is 5.56 Å². The van der Waals surface area contributed by atoms with E-state index < -0.39 is 23.1 Å². The second-order valence-electron chi connectivity index (χ2n) is 6.06. The molecule has 0 aliphatic carbocycles. The maximum atomic E-state index is 13.8. The summed E-state index contributed by atoms with van der Waals surface area (Å²) in [6.45, 7) is 6.66. The van der Waals surface area contributed by atoms with Crippen molar-refractivity contribution in [1.82, 2.24) is 10.2 Å². The maximum absolute atomic E-state index is 13.8. The van der Waals surface area contributed by atoms with Crippen LogP contribution >= 0.6 is 0 Å². The number of halogens is 2. The van der Waals surface area contributed by atoms with Gasteiger partial charge in [-0.05, 0) is 45.0 Å². The van der Waals surface area contributed by atoms with Gasteiger partial charge in [0.15, 0.2) is 11.5 Å². The van der Waals surface area contributed by atoms with Crippen LogP contribution in [0, 0.1) is 11.6 Å². The Morgan fingerprint density at radius 3 is 2.10 bits per heavy atom. The highest BCUT2D eigenvalue weighted by atomic mass is 19.1. The van der Waals surface area contributed by atoms with Crippen LogP contribution in [0.2, 0.25) is 0 Å². The Labute approximate surface area is 177 Å². The van der Waals surface area contributed by atoms with Gasteiger partial charge in [0.2, 0.25) is 11.6 Å². The van der Waals surface area contributed by atoms with Crippen LogP contribution in [0.25, 0.3) is 11.5 Å². The van der Waals surface area contributed by atoms with E-state index >= 15 is 0 Å². The van der Waals surface area contributed by atoms with Crippen LogP contribution in [0.5, 0.6) is 17.2 Å². The Morgan fingerprint density at radius 1 is 0.968 bits per heavy atom. The van der Waals surface area contributed by atoms with Gasteiger partial charge in [-0.2, -0.15) is 0 Å². The molecule has 3 aromatic rings. The number of aromatic nitrogens is 2. The number of amides is 1. The summed E-state index contributed by atoms with van der Waals surface area (Å²) in [6.07, 6.45) is 0. The molecule has 0 spiro atoms. The zero-order chi connectivity index (χ0) is 22.4. The lowest BCUT2D eigenvalue weighted by Crippen LogP contribution is -2.16. The zero-order valence-electron chi connectivity index (χ0n) is 17.2. The van der Waals surface area contributed by atoms with Crippen LogP contribution in [-0.2, 0) is 0 Å². The average Bonchev–Trinajstić information content (AvgIpc) is 3.19. The van der Waals surface area contributed by atoms with Gasteiger partial charge in [0.1, 0.15) is 17.2 Å². The number of hydrogen-bond acceptors (Lipinski definition) is 7. The molecule has 0 fully saturated rings. The highest BCUT2D eigenvalue weighted by Gasteiger charge is 2.21. The van der Waals surface area contributed by atoms with Gasteiger partial charge in [0.05, 0.1) is 19.8 Å². The number of anilines is 1. The third-order valence-corrected chi connectivity index (χ3v) is 3.99. The normalized spacial score (nSPS) is 10.6. The SMILES string of the molecule is CCOc1cc(-c2nnc(NC(=O)c3c(F)cccc3F)o2)cc(OCC)c1OCC. The number of benzene rings is 2. The molecule has 0 radical (unpaired) electrons. The molecule has 0 saturated carbocycles. The molecule has 1 heterocycles. The first-order valence-electron chi connectivity index (χ1n) is 9.64. The van der Waals surface area contributed by atoms with E-state index in [1.807, 2.05) is 20.8 Å². The summed E-state index contributed by atoms with van der Waals surface area (Å²) in [6, 6.07) is 6.04. The van der Waals surface area contributed by atoms with Gasteiger partial charge >= 0.3 is 6.01 Å². The first-order chi connectivity index (χ1) is 15.0. The molecule has 3 rings (SSSR count). The Bertz CT molecular complexity index is 1020. The molecule has 0 saturated heterocycles. The topological polar surface area (TPSA) is 95.7 Å². The molecule has 10 heteroatoms. The van der Waals surface area contributed by atoms with Gasteiger partial charge < -0.3 is 18.6 Å². The average molecular weight is 433 g/mol. The molecular weight excluding hydrogens is 412 g/mol. The number of hydrogen-bond donors (Lipinski definition) is 1. The molecule has 2 aromatic carbocycles. The standard InChI is InChI=1S/C21H21F2N3O5/c1-4-28-15-10-12(11-16(29-5-2)18(15)30-6-3)20-25-26-21(31-20)24-19(27)17-13(22)8-7-9-14(17)23/h7-11H,4-6H2,1-3H3,(H,24,26,27). The van der Waals surface area contributed by atoms with Crippen molar-refractivity contribution in [3.8, 4) is 28.7 Å². The van der Waals surface area contributed by atoms with Crippen molar-refractivity contribution in [1.29, 1.82) is 0 Å². The quantitative estimate of drug-likeness (QED) is 0.532. The van der Waals surface area contributed by atoms with Crippen molar-refractivity contribution in [2.75, 3.05) is 25.1 Å². The summed E-state index contributed by atoms with van der Waals surface area (Å²) in [7, 11) is 0. The van der Waals surface area contributed by atoms with Crippen molar-refractivity contribution in [2.24, 2.45) is 0 Å². The van der Waals surface area contributed by atoms with E-state index in [0.29, 0.717) is 42.6 Å². The lowest BCUT2D eigenvalue weighted by Gasteiger charge is -2.16. The third kappa shape index (κ3) is 4.90. The van der Waals surface area contributed by atoms with Gasteiger partial charge in [-0.3, -0.25) is 10.1 Å². The van der Waals surface area contributed by atoms with E-state index in [2.05, 4.69) is 15.5 Å². The van der Waals surface area contributed by atoms with Crippen molar-refractivity contribution >= 4 is 11.9 Å². The number of rotatable bonds is 9. The maximum Gasteiger partial charge on any atom is 0.322 e. The number of ether oxygens (including phenoxy) is 3. The Hall–Kier alpha value is -3.69. The van der Waals surface area contributed by atoms with E-state index in [0.717, 1.165) is 18.2 Å². The molecule has 0 aliphatic heterocycles. The monoisotopic (exact) mass is 433 g/mol.